The molecule has 7 nitrogen and oxygen atoms in total. The number of benzene rings is 2. The average molecular weight is 460 g/mol. The van der Waals surface area contributed by atoms with Gasteiger partial charge in [0.1, 0.15) is 5.75 Å². The summed E-state index contributed by atoms with van der Waals surface area (Å²) in [6.45, 7) is 2.51. The molecule has 3 amide bonds. The molecule has 1 saturated heterocycles. The highest BCUT2D eigenvalue weighted by Gasteiger charge is 2.59. The number of nitrogens with one attached hydrogen (secondary N) is 1. The molecule has 4 atom stereocenters. The molecular weight excluding hydrogens is 438 g/mol. The molecule has 2 fully saturated rings. The molecule has 0 radical (unpaired) electrons. The van der Waals surface area contributed by atoms with E-state index in [9.17, 15) is 14.4 Å². The first kappa shape index (κ1) is 20.1. The van der Waals surface area contributed by atoms with Crippen LogP contribution in [-0.2, 0) is 9.59 Å². The first-order valence-corrected chi connectivity index (χ1v) is 11.9. The number of aromatic nitrogens is 1. The third-order valence-electron chi connectivity index (χ3n) is 6.75. The van der Waals surface area contributed by atoms with Crippen molar-refractivity contribution in [1.82, 2.24) is 4.98 Å². The van der Waals surface area contributed by atoms with E-state index < -0.39 is 0 Å². The van der Waals surface area contributed by atoms with Crippen molar-refractivity contribution in [3.8, 4) is 5.75 Å². The molecule has 0 spiro atoms. The Labute approximate surface area is 194 Å². The number of allylic oxidation sites excluding steroid dienone is 2. The van der Waals surface area contributed by atoms with Crippen LogP contribution in [0.4, 0.5) is 10.8 Å². The summed E-state index contributed by atoms with van der Waals surface area (Å²) in [6, 6.07) is 12.2. The number of nitrogens with zero attached hydrogens (tertiary/aromatic N) is 2. The van der Waals surface area contributed by atoms with Gasteiger partial charge in [0, 0.05) is 5.56 Å². The molecule has 1 N–H and O–H groups in total. The van der Waals surface area contributed by atoms with Gasteiger partial charge in [0.25, 0.3) is 5.91 Å². The van der Waals surface area contributed by atoms with E-state index in [4.69, 9.17) is 4.74 Å². The van der Waals surface area contributed by atoms with Crippen LogP contribution < -0.4 is 15.0 Å². The van der Waals surface area contributed by atoms with Crippen molar-refractivity contribution >= 4 is 50.1 Å². The standard InChI is InChI=1S/C25H21N3O4S/c1-2-32-17-9-10-18-19(12-17)33-25(26-18)27-22(29)13-5-7-16(8-6-13)28-23(30)20-14-3-4-15(11-14)21(20)24(28)31/h3-10,12,14-15,20-21H,2,11H2,1H3,(H,26,27,29). The Morgan fingerprint density at radius 1 is 1.09 bits per heavy atom. The van der Waals surface area contributed by atoms with E-state index in [0.717, 1.165) is 22.4 Å². The van der Waals surface area contributed by atoms with E-state index in [1.54, 1.807) is 24.3 Å². The summed E-state index contributed by atoms with van der Waals surface area (Å²) in [7, 11) is 0. The van der Waals surface area contributed by atoms with Crippen LogP contribution in [0.1, 0.15) is 23.7 Å². The van der Waals surface area contributed by atoms with Gasteiger partial charge in [-0.15, -0.1) is 0 Å². The van der Waals surface area contributed by atoms with E-state index in [2.05, 4.69) is 22.5 Å². The largest absolute Gasteiger partial charge is 0.494 e. The van der Waals surface area contributed by atoms with Gasteiger partial charge in [0.2, 0.25) is 11.8 Å². The second-order valence-corrected chi connectivity index (χ2v) is 9.62. The topological polar surface area (TPSA) is 88.6 Å². The molecule has 2 aromatic carbocycles. The number of hydrogen-bond acceptors (Lipinski definition) is 6. The van der Waals surface area contributed by atoms with Gasteiger partial charge in [-0.2, -0.15) is 0 Å². The van der Waals surface area contributed by atoms with E-state index in [0.29, 0.717) is 23.0 Å². The van der Waals surface area contributed by atoms with Gasteiger partial charge < -0.3 is 4.74 Å². The lowest BCUT2D eigenvalue weighted by Gasteiger charge is -2.17. The SMILES string of the molecule is CCOc1ccc2nc(NC(=O)c3ccc(N4C(=O)C5C6C=CC(C6)C5C4=O)cc3)sc2c1. The lowest BCUT2D eigenvalue weighted by Crippen LogP contribution is -2.32. The predicted molar refractivity (Wildman–Crippen MR) is 125 cm³/mol. The van der Waals surface area contributed by atoms with Crippen LogP contribution in [0.2, 0.25) is 0 Å². The van der Waals surface area contributed by atoms with E-state index in [1.807, 2.05) is 25.1 Å². The Kier molecular flexibility index (Phi) is 4.58. The molecule has 3 aromatic rings. The zero-order valence-electron chi connectivity index (χ0n) is 17.9. The first-order valence-electron chi connectivity index (χ1n) is 11.0. The minimum absolute atomic E-state index is 0.125. The number of carbonyl (C=O) groups is 3. The number of ether oxygens (including phenoxy) is 1. The maximum absolute atomic E-state index is 13.0. The van der Waals surface area contributed by atoms with E-state index in [1.165, 1.54) is 16.2 Å². The predicted octanol–water partition coefficient (Wildman–Crippen LogP) is 4.26. The van der Waals surface area contributed by atoms with Gasteiger partial charge in [0.15, 0.2) is 5.13 Å². The van der Waals surface area contributed by atoms with Crippen molar-refractivity contribution < 1.29 is 19.1 Å². The van der Waals surface area contributed by atoms with E-state index in [-0.39, 0.29) is 41.4 Å². The summed E-state index contributed by atoms with van der Waals surface area (Å²) < 4.78 is 6.44. The maximum Gasteiger partial charge on any atom is 0.257 e. The molecule has 33 heavy (non-hydrogen) atoms. The zero-order valence-corrected chi connectivity index (χ0v) is 18.7. The molecule has 2 aliphatic carbocycles. The van der Waals surface area contributed by atoms with Gasteiger partial charge in [0.05, 0.1) is 34.3 Å². The third-order valence-corrected chi connectivity index (χ3v) is 7.68. The molecule has 2 bridgehead atoms. The molecule has 6 rings (SSSR count). The van der Waals surface area contributed by atoms with Gasteiger partial charge in [-0.25, -0.2) is 4.98 Å². The monoisotopic (exact) mass is 459 g/mol. The Morgan fingerprint density at radius 3 is 2.45 bits per heavy atom. The molecule has 2 heterocycles. The van der Waals surface area contributed by atoms with Crippen molar-refractivity contribution in [3.63, 3.8) is 0 Å². The van der Waals surface area contributed by atoms with Gasteiger partial charge in [-0.05, 0) is 67.6 Å². The van der Waals surface area contributed by atoms with Crippen LogP contribution >= 0.6 is 11.3 Å². The van der Waals surface area contributed by atoms with Crippen LogP contribution in [0.15, 0.2) is 54.6 Å². The number of carbonyl (C=O) groups excluding carboxylic acids is 3. The first-order chi connectivity index (χ1) is 16.0. The molecule has 166 valence electrons. The third kappa shape index (κ3) is 3.16. The molecule has 1 aliphatic heterocycles. The maximum atomic E-state index is 13.0. The van der Waals surface area contributed by atoms with Gasteiger partial charge in [-0.3, -0.25) is 24.6 Å². The smallest absolute Gasteiger partial charge is 0.257 e. The number of anilines is 2. The Bertz CT molecular complexity index is 1300. The lowest BCUT2D eigenvalue weighted by molar-refractivity contribution is -0.123. The number of thiazole rings is 1. The molecule has 3 aliphatic rings. The highest BCUT2D eigenvalue weighted by atomic mass is 32.1. The number of fused-ring (bicyclic) bond motifs is 6. The fourth-order valence-electron chi connectivity index (χ4n) is 5.30. The fourth-order valence-corrected chi connectivity index (χ4v) is 6.19. The molecular formula is C25H21N3O4S. The minimum Gasteiger partial charge on any atom is -0.494 e. The van der Waals surface area contributed by atoms with Crippen molar-refractivity contribution in [1.29, 1.82) is 0 Å². The highest BCUT2D eigenvalue weighted by molar-refractivity contribution is 7.22. The molecule has 1 saturated carbocycles. The van der Waals surface area contributed by atoms with Crippen LogP contribution in [0.25, 0.3) is 10.2 Å². The summed E-state index contributed by atoms with van der Waals surface area (Å²) in [5.74, 6) is 0.0788. The number of rotatable bonds is 5. The normalized spacial score (nSPS) is 25.2. The Morgan fingerprint density at radius 2 is 1.79 bits per heavy atom. The number of hydrogen-bond donors (Lipinski definition) is 1. The van der Waals surface area contributed by atoms with Crippen LogP contribution in [0.3, 0.4) is 0 Å². The second kappa shape index (κ2) is 7.52. The molecule has 8 heteroatoms. The molecule has 1 aromatic heterocycles. The van der Waals surface area contributed by atoms with Gasteiger partial charge in [-0.1, -0.05) is 23.5 Å². The number of imide groups is 1. The van der Waals surface area contributed by atoms with E-state index >= 15 is 0 Å². The summed E-state index contributed by atoms with van der Waals surface area (Å²) >= 11 is 1.37. The summed E-state index contributed by atoms with van der Waals surface area (Å²) in [5.41, 5.74) is 1.72. The molecule has 4 unspecified atom stereocenters. The summed E-state index contributed by atoms with van der Waals surface area (Å²) in [5, 5.41) is 3.32. The van der Waals surface area contributed by atoms with Gasteiger partial charge >= 0.3 is 0 Å². The van der Waals surface area contributed by atoms with Crippen molar-refractivity contribution in [2.45, 2.75) is 13.3 Å². The van der Waals surface area contributed by atoms with Crippen molar-refractivity contribution in [2.24, 2.45) is 23.7 Å². The number of amides is 3. The Balaban J connectivity index is 1.18. The Hall–Kier alpha value is -3.52. The fraction of sp³-hybridized carbons (Fsp3) is 0.280. The second-order valence-electron chi connectivity index (χ2n) is 8.59. The van der Waals surface area contributed by atoms with Crippen molar-refractivity contribution in [3.05, 3.63) is 60.2 Å². The quantitative estimate of drug-likeness (QED) is 0.455. The van der Waals surface area contributed by atoms with Crippen LogP contribution in [-0.4, -0.2) is 29.3 Å². The van der Waals surface area contributed by atoms with Crippen molar-refractivity contribution in [2.75, 3.05) is 16.8 Å². The average Bonchev–Trinajstić information content (AvgIpc) is 3.57. The highest BCUT2D eigenvalue weighted by Crippen LogP contribution is 2.53. The summed E-state index contributed by atoms with van der Waals surface area (Å²) in [6.07, 6.45) is 5.06. The summed E-state index contributed by atoms with van der Waals surface area (Å²) in [4.78, 5) is 44.5. The van der Waals surface area contributed by atoms with Crippen LogP contribution in [0.5, 0.6) is 5.75 Å². The zero-order chi connectivity index (χ0) is 22.7. The minimum atomic E-state index is -0.302. The van der Waals surface area contributed by atoms with Crippen LogP contribution in [0, 0.1) is 23.7 Å². The lowest BCUT2D eigenvalue weighted by atomic mass is 9.85.